The van der Waals surface area contributed by atoms with Crippen molar-refractivity contribution in [2.75, 3.05) is 26.4 Å². The molecule has 12 heteroatoms. The molecule has 11 nitrogen and oxygen atoms in total. The average Bonchev–Trinajstić information content (AvgIpc) is 3.22. The number of unbranched alkanes of at least 4 members (excludes halogenated alkanes) is 3. The number of phosphoric acid groups is 1. The van der Waals surface area contributed by atoms with Gasteiger partial charge in [-0.05, 0) is 89.9 Å². The lowest BCUT2D eigenvalue weighted by Crippen LogP contribution is -2.30. The number of hydrogen-bond acceptors (Lipinski definition) is 10. The summed E-state index contributed by atoms with van der Waals surface area (Å²) in [7, 11) is -4.48. The molecule has 0 aromatic rings. The zero-order chi connectivity index (χ0) is 43.5. The maximum Gasteiger partial charge on any atom is 0.472 e. The fraction of sp³-hybridized carbons (Fsp3) is 0.574. The first kappa shape index (κ1) is 55.6. The van der Waals surface area contributed by atoms with E-state index in [0.717, 1.165) is 44.9 Å². The maximum absolute atomic E-state index is 12.6. The first-order valence-corrected chi connectivity index (χ1v) is 23.0. The number of aliphatic hydroxyl groups excluding tert-OH is 2. The van der Waals surface area contributed by atoms with Gasteiger partial charge in [0.1, 0.15) is 6.61 Å². The molecule has 0 spiro atoms. The third-order valence-electron chi connectivity index (χ3n) is 8.36. The van der Waals surface area contributed by atoms with Gasteiger partial charge >= 0.3 is 19.8 Å². The maximum atomic E-state index is 12.6. The minimum Gasteiger partial charge on any atom is -0.462 e. The second-order valence-electron chi connectivity index (χ2n) is 13.8. The van der Waals surface area contributed by atoms with Crippen LogP contribution in [0.1, 0.15) is 129 Å². The predicted molar refractivity (Wildman–Crippen MR) is 240 cm³/mol. The van der Waals surface area contributed by atoms with Crippen LogP contribution >= 0.6 is 7.82 Å². The van der Waals surface area contributed by atoms with Crippen LogP contribution in [-0.2, 0) is 32.7 Å². The smallest absolute Gasteiger partial charge is 0.462 e. The van der Waals surface area contributed by atoms with E-state index in [-0.39, 0.29) is 45.3 Å². The van der Waals surface area contributed by atoms with E-state index in [0.29, 0.717) is 12.8 Å². The number of rotatable bonds is 38. The molecule has 0 bridgehead atoms. The van der Waals surface area contributed by atoms with Crippen LogP contribution in [0.5, 0.6) is 0 Å². The van der Waals surface area contributed by atoms with Crippen molar-refractivity contribution in [3.05, 3.63) is 109 Å². The fourth-order valence-corrected chi connectivity index (χ4v) is 5.82. The molecule has 0 aliphatic carbocycles. The molecule has 0 radical (unpaired) electrons. The van der Waals surface area contributed by atoms with Crippen LogP contribution in [0.3, 0.4) is 0 Å². The number of allylic oxidation sites excluding steroid dienone is 17. The van der Waals surface area contributed by atoms with Gasteiger partial charge < -0.3 is 30.3 Å². The molecule has 0 aliphatic rings. The average molecular weight is 846 g/mol. The SMILES string of the molecule is CC/C=C\C/C=C\C/C=C\C/C=C\C[C@@H](O)[C@H](O)CCCC(=O)O[C@H](COC(=O)CC/C=C\C/C=C\C/C=C\C/C=C\C/C=C\CCCCC)COP(=O)(O)OCCN. The van der Waals surface area contributed by atoms with E-state index in [9.17, 15) is 29.3 Å². The van der Waals surface area contributed by atoms with Crippen molar-refractivity contribution in [1.29, 1.82) is 0 Å². The third-order valence-corrected chi connectivity index (χ3v) is 9.34. The summed E-state index contributed by atoms with van der Waals surface area (Å²) in [5.41, 5.74) is 5.32. The first-order valence-electron chi connectivity index (χ1n) is 21.5. The summed E-state index contributed by atoms with van der Waals surface area (Å²) in [5.74, 6) is -1.23. The minimum atomic E-state index is -4.48. The van der Waals surface area contributed by atoms with E-state index in [1.54, 1.807) is 0 Å². The number of carbonyl (C=O) groups excluding carboxylic acids is 2. The number of hydrogen-bond donors (Lipinski definition) is 4. The van der Waals surface area contributed by atoms with E-state index in [2.05, 4.69) is 92.8 Å². The molecule has 0 saturated carbocycles. The lowest BCUT2D eigenvalue weighted by Gasteiger charge is -2.20. The van der Waals surface area contributed by atoms with E-state index >= 15 is 0 Å². The minimum absolute atomic E-state index is 0.00800. The van der Waals surface area contributed by atoms with Gasteiger partial charge in [0, 0.05) is 19.4 Å². The van der Waals surface area contributed by atoms with Gasteiger partial charge in [-0.15, -0.1) is 0 Å². The lowest BCUT2D eigenvalue weighted by atomic mass is 10.0. The van der Waals surface area contributed by atoms with Crippen LogP contribution in [-0.4, -0.2) is 71.7 Å². The summed E-state index contributed by atoms with van der Waals surface area (Å²) in [6, 6.07) is 0. The Morgan fingerprint density at radius 2 is 1.10 bits per heavy atom. The quantitative estimate of drug-likeness (QED) is 0.0201. The Bertz CT molecular complexity index is 1360. The van der Waals surface area contributed by atoms with E-state index in [1.807, 2.05) is 30.4 Å². The molecular weight excluding hydrogens is 769 g/mol. The lowest BCUT2D eigenvalue weighted by molar-refractivity contribution is -0.161. The van der Waals surface area contributed by atoms with Crippen LogP contribution in [0.15, 0.2) is 109 Å². The van der Waals surface area contributed by atoms with Gasteiger partial charge in [-0.25, -0.2) is 4.57 Å². The van der Waals surface area contributed by atoms with Crippen LogP contribution in [0.2, 0.25) is 0 Å². The van der Waals surface area contributed by atoms with Crippen molar-refractivity contribution in [3.8, 4) is 0 Å². The zero-order valence-corrected chi connectivity index (χ0v) is 36.8. The van der Waals surface area contributed by atoms with Gasteiger partial charge in [0.25, 0.3) is 0 Å². The van der Waals surface area contributed by atoms with Gasteiger partial charge in [-0.3, -0.25) is 18.6 Å². The highest BCUT2D eigenvalue weighted by molar-refractivity contribution is 7.47. The summed E-state index contributed by atoms with van der Waals surface area (Å²) in [6.45, 7) is 3.13. The topological polar surface area (TPSA) is 175 Å². The predicted octanol–water partition coefficient (Wildman–Crippen LogP) is 10.3. The third kappa shape index (κ3) is 39.8. The zero-order valence-electron chi connectivity index (χ0n) is 35.9. The Morgan fingerprint density at radius 3 is 1.63 bits per heavy atom. The Hall–Kier alpha value is -3.41. The number of nitrogens with two attached hydrogens (primary N) is 1. The van der Waals surface area contributed by atoms with Crippen molar-refractivity contribution in [1.82, 2.24) is 0 Å². The summed E-state index contributed by atoms with van der Waals surface area (Å²) in [6.07, 6.45) is 47.3. The monoisotopic (exact) mass is 846 g/mol. The molecular formula is C47H76NO10P. The summed E-state index contributed by atoms with van der Waals surface area (Å²) < 4.78 is 32.5. The van der Waals surface area contributed by atoms with Crippen LogP contribution in [0.4, 0.5) is 0 Å². The number of ether oxygens (including phenoxy) is 2. The normalized spacial score (nSPS) is 15.4. The fourth-order valence-electron chi connectivity index (χ4n) is 5.06. The Kier molecular flexibility index (Phi) is 38.9. The molecule has 0 aliphatic heterocycles. The molecule has 59 heavy (non-hydrogen) atoms. The second kappa shape index (κ2) is 41.3. The number of carbonyl (C=O) groups is 2. The first-order chi connectivity index (χ1) is 28.6. The molecule has 0 heterocycles. The molecule has 4 atom stereocenters. The van der Waals surface area contributed by atoms with Crippen LogP contribution in [0, 0.1) is 0 Å². The molecule has 0 rings (SSSR count). The largest absolute Gasteiger partial charge is 0.472 e. The highest BCUT2D eigenvalue weighted by Gasteiger charge is 2.26. The Balaban J connectivity index is 4.55. The van der Waals surface area contributed by atoms with Gasteiger partial charge in [0.2, 0.25) is 0 Å². The van der Waals surface area contributed by atoms with Gasteiger partial charge in [-0.1, -0.05) is 136 Å². The standard InChI is InChI=1S/C47H76NO10P/c1-3-5-7-9-11-13-15-17-18-19-20-21-22-23-25-27-29-31-33-37-46(51)55-41-43(42-57-59(53,54)56-40-39-48)58-47(52)38-34-36-45(50)44(49)35-32-30-28-26-24-16-14-12-10-8-6-4-2/h6,8,11-14,17-18,20-21,23-26,29-32,43-45,49-50H,3-5,7,9-10,15-16,19,22,27-28,33-42,48H2,1-2H3,(H,53,54)/b8-6-,13-11-,14-12-,18-17-,21-20-,25-23-,26-24-,31-29-,32-30-/t43-,44-,45-/m1/s1. The van der Waals surface area contributed by atoms with Gasteiger partial charge in [0.05, 0.1) is 25.4 Å². The summed E-state index contributed by atoms with van der Waals surface area (Å²) >= 11 is 0. The molecule has 0 aromatic carbocycles. The number of aliphatic hydroxyl groups is 2. The van der Waals surface area contributed by atoms with Crippen molar-refractivity contribution in [3.63, 3.8) is 0 Å². The molecule has 0 fully saturated rings. The van der Waals surface area contributed by atoms with Crippen LogP contribution < -0.4 is 5.73 Å². The summed E-state index contributed by atoms with van der Waals surface area (Å²) in [5, 5.41) is 20.7. The van der Waals surface area contributed by atoms with E-state index in [4.69, 9.17) is 24.3 Å². The second-order valence-corrected chi connectivity index (χ2v) is 15.2. The van der Waals surface area contributed by atoms with Crippen molar-refractivity contribution in [2.24, 2.45) is 5.73 Å². The van der Waals surface area contributed by atoms with Gasteiger partial charge in [0.15, 0.2) is 6.10 Å². The van der Waals surface area contributed by atoms with Crippen molar-refractivity contribution >= 4 is 19.8 Å². The van der Waals surface area contributed by atoms with Gasteiger partial charge in [-0.2, -0.15) is 0 Å². The summed E-state index contributed by atoms with van der Waals surface area (Å²) in [4.78, 5) is 34.9. The highest BCUT2D eigenvalue weighted by Crippen LogP contribution is 2.43. The van der Waals surface area contributed by atoms with Crippen molar-refractivity contribution in [2.45, 2.75) is 148 Å². The molecule has 0 aromatic heterocycles. The highest BCUT2D eigenvalue weighted by atomic mass is 31.2. The molecule has 1 unspecified atom stereocenters. The van der Waals surface area contributed by atoms with Crippen molar-refractivity contribution < 1.29 is 47.8 Å². The Morgan fingerprint density at radius 1 is 0.593 bits per heavy atom. The molecule has 5 N–H and O–H groups in total. The Labute approximate surface area is 355 Å². The molecule has 0 amide bonds. The number of esters is 2. The number of phosphoric ester groups is 1. The molecule has 334 valence electrons. The van der Waals surface area contributed by atoms with E-state index in [1.165, 1.54) is 25.7 Å². The van der Waals surface area contributed by atoms with Crippen LogP contribution in [0.25, 0.3) is 0 Å². The van der Waals surface area contributed by atoms with E-state index < -0.39 is 51.3 Å². The molecule has 0 saturated heterocycles.